The number of fused-ring (bicyclic) bond motifs is 1. The number of amides is 1. The minimum Gasteiger partial charge on any atom is -0.497 e. The number of hydrogen-bond acceptors (Lipinski definition) is 4. The van der Waals surface area contributed by atoms with Crippen molar-refractivity contribution in [2.45, 2.75) is 6.61 Å². The summed E-state index contributed by atoms with van der Waals surface area (Å²) in [4.78, 5) is 12.3. The van der Waals surface area contributed by atoms with Crippen LogP contribution >= 0.6 is 45.2 Å². The lowest BCUT2D eigenvalue weighted by atomic mass is 10.1. The van der Waals surface area contributed by atoms with Gasteiger partial charge in [0, 0.05) is 5.56 Å². The Hall–Kier alpha value is -2.66. The van der Waals surface area contributed by atoms with Crippen LogP contribution in [0.25, 0.3) is 10.8 Å². The maximum Gasteiger partial charge on any atom is 0.271 e. The molecule has 0 unspecified atom stereocenters. The summed E-state index contributed by atoms with van der Waals surface area (Å²) in [5, 5.41) is 6.49. The lowest BCUT2D eigenvalue weighted by molar-refractivity contribution is 0.0955. The predicted octanol–water partition coefficient (Wildman–Crippen LogP) is 6.40. The number of hydrazone groups is 1. The molecule has 0 saturated heterocycles. The number of halogens is 2. The normalized spacial score (nSPS) is 11.0. The third-order valence-electron chi connectivity index (χ3n) is 4.98. The molecule has 0 fully saturated rings. The van der Waals surface area contributed by atoms with Gasteiger partial charge in [0.25, 0.3) is 5.91 Å². The van der Waals surface area contributed by atoms with Crippen molar-refractivity contribution in [3.63, 3.8) is 0 Å². The van der Waals surface area contributed by atoms with Crippen LogP contribution in [0.15, 0.2) is 84.0 Å². The molecular formula is C26H20I2N2O3. The third kappa shape index (κ3) is 5.83. The first-order valence-corrected chi connectivity index (χ1v) is 12.3. The molecule has 166 valence electrons. The standard InChI is InChI=1S/C26H20I2N2O3/c1-32-21-10-5-8-19(14-21)26(31)30-29-15-17-12-23(27)25(24(28)13-17)33-16-20-9-4-7-18-6-2-3-11-22(18)20/h2-15H,16H2,1H3,(H,30,31)/b29-15+. The van der Waals surface area contributed by atoms with E-state index in [1.807, 2.05) is 24.3 Å². The number of rotatable bonds is 7. The molecule has 7 heteroatoms. The minimum atomic E-state index is -0.301. The van der Waals surface area contributed by atoms with Crippen molar-refractivity contribution in [2.24, 2.45) is 5.10 Å². The van der Waals surface area contributed by atoms with Gasteiger partial charge in [-0.05, 0) is 97.4 Å². The smallest absolute Gasteiger partial charge is 0.271 e. The Labute approximate surface area is 219 Å². The molecule has 4 rings (SSSR count). The zero-order valence-corrected chi connectivity index (χ0v) is 22.0. The van der Waals surface area contributed by atoms with Crippen molar-refractivity contribution in [1.82, 2.24) is 5.43 Å². The summed E-state index contributed by atoms with van der Waals surface area (Å²) >= 11 is 4.52. The first-order valence-electron chi connectivity index (χ1n) is 10.1. The van der Waals surface area contributed by atoms with Crippen LogP contribution in [0.1, 0.15) is 21.5 Å². The molecule has 5 nitrogen and oxygen atoms in total. The highest BCUT2D eigenvalue weighted by atomic mass is 127. The summed E-state index contributed by atoms with van der Waals surface area (Å²) in [5.41, 5.74) is 5.05. The lowest BCUT2D eigenvalue weighted by Crippen LogP contribution is -2.17. The number of ether oxygens (including phenoxy) is 2. The average Bonchev–Trinajstić information content (AvgIpc) is 2.83. The number of carbonyl (C=O) groups is 1. The van der Waals surface area contributed by atoms with Crippen molar-refractivity contribution < 1.29 is 14.3 Å². The molecule has 0 atom stereocenters. The Morgan fingerprint density at radius 3 is 2.48 bits per heavy atom. The van der Waals surface area contributed by atoms with Crippen LogP contribution in [0, 0.1) is 7.14 Å². The van der Waals surface area contributed by atoms with Gasteiger partial charge >= 0.3 is 0 Å². The molecule has 0 saturated carbocycles. The van der Waals surface area contributed by atoms with Gasteiger partial charge in [-0.2, -0.15) is 5.10 Å². The molecule has 0 aliphatic heterocycles. The second-order valence-electron chi connectivity index (χ2n) is 7.17. The Kier molecular flexibility index (Phi) is 7.81. The Morgan fingerprint density at radius 2 is 1.70 bits per heavy atom. The molecule has 0 bridgehead atoms. The van der Waals surface area contributed by atoms with Crippen LogP contribution in [0.4, 0.5) is 0 Å². The van der Waals surface area contributed by atoms with Gasteiger partial charge < -0.3 is 9.47 Å². The van der Waals surface area contributed by atoms with Crippen LogP contribution < -0.4 is 14.9 Å². The fourth-order valence-corrected chi connectivity index (χ4v) is 5.48. The fourth-order valence-electron chi connectivity index (χ4n) is 3.35. The monoisotopic (exact) mass is 662 g/mol. The maximum absolute atomic E-state index is 12.3. The van der Waals surface area contributed by atoms with Gasteiger partial charge in [0.1, 0.15) is 18.1 Å². The number of carbonyl (C=O) groups excluding carboxylic acids is 1. The zero-order valence-electron chi connectivity index (χ0n) is 17.7. The topological polar surface area (TPSA) is 59.9 Å². The summed E-state index contributed by atoms with van der Waals surface area (Å²) in [6.45, 7) is 0.484. The highest BCUT2D eigenvalue weighted by molar-refractivity contribution is 14.1. The molecule has 0 aliphatic carbocycles. The molecule has 0 aromatic heterocycles. The molecule has 1 N–H and O–H groups in total. The summed E-state index contributed by atoms with van der Waals surface area (Å²) < 4.78 is 13.3. The summed E-state index contributed by atoms with van der Waals surface area (Å²) in [6, 6.07) is 25.4. The Morgan fingerprint density at radius 1 is 0.970 bits per heavy atom. The molecular weight excluding hydrogens is 642 g/mol. The van der Waals surface area contributed by atoms with E-state index in [0.717, 1.165) is 24.0 Å². The van der Waals surface area contributed by atoms with Crippen molar-refractivity contribution >= 4 is 68.1 Å². The zero-order chi connectivity index (χ0) is 23.2. The van der Waals surface area contributed by atoms with Crippen molar-refractivity contribution in [2.75, 3.05) is 7.11 Å². The van der Waals surface area contributed by atoms with Crippen molar-refractivity contribution in [1.29, 1.82) is 0 Å². The highest BCUT2D eigenvalue weighted by Crippen LogP contribution is 2.30. The number of methoxy groups -OCH3 is 1. The largest absolute Gasteiger partial charge is 0.497 e. The van der Waals surface area contributed by atoms with E-state index in [4.69, 9.17) is 9.47 Å². The molecule has 0 radical (unpaired) electrons. The molecule has 4 aromatic carbocycles. The molecule has 0 aliphatic rings. The average molecular weight is 662 g/mol. The fraction of sp³-hybridized carbons (Fsp3) is 0.0769. The van der Waals surface area contributed by atoms with Gasteiger partial charge in [-0.25, -0.2) is 5.43 Å². The summed E-state index contributed by atoms with van der Waals surface area (Å²) in [6.07, 6.45) is 1.62. The summed E-state index contributed by atoms with van der Waals surface area (Å²) in [5.74, 6) is 1.15. The third-order valence-corrected chi connectivity index (χ3v) is 6.59. The van der Waals surface area contributed by atoms with Crippen LogP contribution in [0.2, 0.25) is 0 Å². The predicted molar refractivity (Wildman–Crippen MR) is 148 cm³/mol. The SMILES string of the molecule is COc1cccc(C(=O)N/N=C/c2cc(I)c(OCc3cccc4ccccc34)c(I)c2)c1. The molecule has 4 aromatic rings. The highest BCUT2D eigenvalue weighted by Gasteiger charge is 2.10. The van der Waals surface area contributed by atoms with E-state index < -0.39 is 0 Å². The van der Waals surface area contributed by atoms with Gasteiger partial charge in [-0.3, -0.25) is 4.79 Å². The van der Waals surface area contributed by atoms with E-state index in [1.54, 1.807) is 37.6 Å². The second-order valence-corrected chi connectivity index (χ2v) is 9.50. The Bertz CT molecular complexity index is 1310. The first-order chi connectivity index (χ1) is 16.0. The van der Waals surface area contributed by atoms with Gasteiger partial charge in [-0.1, -0.05) is 48.5 Å². The number of hydrogen-bond donors (Lipinski definition) is 1. The quantitative estimate of drug-likeness (QED) is 0.142. The molecule has 0 spiro atoms. The van der Waals surface area contributed by atoms with E-state index in [1.165, 1.54) is 10.8 Å². The molecule has 0 heterocycles. The first kappa shape index (κ1) is 23.5. The van der Waals surface area contributed by atoms with Gasteiger partial charge in [-0.15, -0.1) is 0 Å². The van der Waals surface area contributed by atoms with Crippen LogP contribution in [-0.4, -0.2) is 19.2 Å². The van der Waals surface area contributed by atoms with Gasteiger partial charge in [0.2, 0.25) is 0 Å². The Balaban J connectivity index is 1.44. The number of benzene rings is 4. The second kappa shape index (κ2) is 11.0. The number of nitrogens with one attached hydrogen (secondary N) is 1. The van der Waals surface area contributed by atoms with Crippen molar-refractivity contribution in [3.05, 3.63) is 103 Å². The van der Waals surface area contributed by atoms with E-state index in [2.05, 4.69) is 86.0 Å². The van der Waals surface area contributed by atoms with Crippen LogP contribution in [0.5, 0.6) is 11.5 Å². The number of nitrogens with zero attached hydrogens (tertiary/aromatic N) is 1. The summed E-state index contributed by atoms with van der Waals surface area (Å²) in [7, 11) is 1.56. The molecule has 33 heavy (non-hydrogen) atoms. The minimum absolute atomic E-state index is 0.301. The van der Waals surface area contributed by atoms with E-state index in [-0.39, 0.29) is 5.91 Å². The van der Waals surface area contributed by atoms with E-state index >= 15 is 0 Å². The van der Waals surface area contributed by atoms with E-state index in [9.17, 15) is 4.79 Å². The van der Waals surface area contributed by atoms with Crippen molar-refractivity contribution in [3.8, 4) is 11.5 Å². The van der Waals surface area contributed by atoms with Crippen LogP contribution in [-0.2, 0) is 6.61 Å². The van der Waals surface area contributed by atoms with Gasteiger partial charge in [0.15, 0.2) is 0 Å². The molecule has 1 amide bonds. The van der Waals surface area contributed by atoms with Crippen LogP contribution in [0.3, 0.4) is 0 Å². The lowest BCUT2D eigenvalue weighted by Gasteiger charge is -2.13. The van der Waals surface area contributed by atoms with E-state index in [0.29, 0.717) is 17.9 Å². The maximum atomic E-state index is 12.3. The van der Waals surface area contributed by atoms with Gasteiger partial charge in [0.05, 0.1) is 20.5 Å².